The Kier molecular flexibility index (Phi) is 4.33. The molecule has 24 heavy (non-hydrogen) atoms. The Morgan fingerprint density at radius 1 is 1.46 bits per heavy atom. The van der Waals surface area contributed by atoms with Crippen LogP contribution in [0, 0.1) is 11.3 Å². The molecule has 1 aromatic carbocycles. The number of esters is 1. The highest BCUT2D eigenvalue weighted by molar-refractivity contribution is 5.93. The van der Waals surface area contributed by atoms with E-state index in [4.69, 9.17) is 9.47 Å². The molecule has 0 fully saturated rings. The van der Waals surface area contributed by atoms with Gasteiger partial charge in [0.25, 0.3) is 5.79 Å². The van der Waals surface area contributed by atoms with Crippen molar-refractivity contribution in [3.05, 3.63) is 34.5 Å². The minimum atomic E-state index is -1.08. The van der Waals surface area contributed by atoms with Crippen molar-refractivity contribution in [2.24, 2.45) is 0 Å². The molecule has 3 rings (SSSR count). The highest BCUT2D eigenvalue weighted by atomic mass is 16.7. The second kappa shape index (κ2) is 6.29. The maximum absolute atomic E-state index is 11.7. The second-order valence-electron chi connectivity index (χ2n) is 6.16. The number of aryl methyl sites for hydroxylation is 1. The maximum Gasteiger partial charge on any atom is 0.305 e. The first-order valence-corrected chi connectivity index (χ1v) is 8.46. The molecule has 0 spiro atoms. The van der Waals surface area contributed by atoms with Crippen LogP contribution in [0.2, 0.25) is 0 Å². The number of H-pyrrole nitrogens is 1. The quantitative estimate of drug-likeness (QED) is 0.869. The molecule has 1 unspecified atom stereocenters. The molecule has 2 aromatic rings. The van der Waals surface area contributed by atoms with Crippen LogP contribution >= 0.6 is 0 Å². The average Bonchev–Trinajstić information content (AvgIpc) is 2.95. The lowest BCUT2D eigenvalue weighted by Crippen LogP contribution is -2.39. The number of fused-ring (bicyclic) bond motifs is 3. The minimum Gasteiger partial charge on any atom is -0.427 e. The number of benzene rings is 1. The molecular formula is C19H22N2O3. The van der Waals surface area contributed by atoms with Crippen LogP contribution in [0.1, 0.15) is 56.0 Å². The molecule has 1 N–H and O–H groups in total. The lowest BCUT2D eigenvalue weighted by molar-refractivity contribution is -0.247. The molecule has 1 aromatic heterocycles. The van der Waals surface area contributed by atoms with Crippen LogP contribution in [0.25, 0.3) is 10.9 Å². The predicted molar refractivity (Wildman–Crippen MR) is 90.4 cm³/mol. The molecule has 1 atom stereocenters. The van der Waals surface area contributed by atoms with Crippen molar-refractivity contribution in [2.75, 3.05) is 6.61 Å². The molecular weight excluding hydrogens is 304 g/mol. The van der Waals surface area contributed by atoms with Crippen molar-refractivity contribution in [3.8, 4) is 6.07 Å². The fourth-order valence-corrected chi connectivity index (χ4v) is 3.67. The van der Waals surface area contributed by atoms with Gasteiger partial charge in [0.05, 0.1) is 29.5 Å². The molecule has 0 saturated carbocycles. The van der Waals surface area contributed by atoms with E-state index in [0.29, 0.717) is 25.0 Å². The highest BCUT2D eigenvalue weighted by Gasteiger charge is 2.43. The average molecular weight is 326 g/mol. The van der Waals surface area contributed by atoms with E-state index >= 15 is 0 Å². The van der Waals surface area contributed by atoms with Gasteiger partial charge in [-0.05, 0) is 36.5 Å². The van der Waals surface area contributed by atoms with E-state index in [1.165, 1.54) is 6.92 Å². The summed E-state index contributed by atoms with van der Waals surface area (Å²) in [4.78, 5) is 15.1. The molecule has 0 aliphatic carbocycles. The first kappa shape index (κ1) is 16.5. The van der Waals surface area contributed by atoms with E-state index in [0.717, 1.165) is 40.6 Å². The zero-order valence-electron chi connectivity index (χ0n) is 14.4. The summed E-state index contributed by atoms with van der Waals surface area (Å²) in [7, 11) is 0. The molecule has 0 bridgehead atoms. The monoisotopic (exact) mass is 326 g/mol. The van der Waals surface area contributed by atoms with Crippen molar-refractivity contribution in [2.45, 2.75) is 52.2 Å². The number of hydrogen-bond acceptors (Lipinski definition) is 4. The fourth-order valence-electron chi connectivity index (χ4n) is 3.67. The third-order valence-corrected chi connectivity index (χ3v) is 4.60. The third kappa shape index (κ3) is 2.47. The van der Waals surface area contributed by atoms with E-state index in [9.17, 15) is 10.1 Å². The van der Waals surface area contributed by atoms with Gasteiger partial charge in [-0.15, -0.1) is 0 Å². The van der Waals surface area contributed by atoms with Gasteiger partial charge in [0.2, 0.25) is 0 Å². The largest absolute Gasteiger partial charge is 0.427 e. The van der Waals surface area contributed by atoms with Gasteiger partial charge in [-0.25, -0.2) is 0 Å². The van der Waals surface area contributed by atoms with Gasteiger partial charge < -0.3 is 14.5 Å². The summed E-state index contributed by atoms with van der Waals surface area (Å²) >= 11 is 0. The third-order valence-electron chi connectivity index (χ3n) is 4.60. The van der Waals surface area contributed by atoms with Crippen molar-refractivity contribution in [1.82, 2.24) is 4.98 Å². The van der Waals surface area contributed by atoms with Gasteiger partial charge in [-0.2, -0.15) is 5.26 Å². The van der Waals surface area contributed by atoms with Gasteiger partial charge in [0.1, 0.15) is 0 Å². The fraction of sp³-hybridized carbons (Fsp3) is 0.474. The smallest absolute Gasteiger partial charge is 0.305 e. The number of nitriles is 1. The van der Waals surface area contributed by atoms with Crippen LogP contribution in [0.15, 0.2) is 12.1 Å². The Morgan fingerprint density at radius 3 is 2.88 bits per heavy atom. The molecule has 1 aliphatic rings. The van der Waals surface area contributed by atoms with Crippen LogP contribution in [-0.4, -0.2) is 17.6 Å². The van der Waals surface area contributed by atoms with Crippen molar-refractivity contribution < 1.29 is 14.3 Å². The molecule has 1 aliphatic heterocycles. The molecule has 126 valence electrons. The van der Waals surface area contributed by atoms with Gasteiger partial charge in [-0.1, -0.05) is 19.9 Å². The van der Waals surface area contributed by atoms with Gasteiger partial charge in [0.15, 0.2) is 0 Å². The van der Waals surface area contributed by atoms with E-state index in [2.05, 4.69) is 18.0 Å². The zero-order valence-corrected chi connectivity index (χ0v) is 14.4. The summed E-state index contributed by atoms with van der Waals surface area (Å²) in [6.07, 6.45) is 2.95. The Bertz CT molecular complexity index is 831. The molecule has 0 saturated heterocycles. The standard InChI is InChI=1S/C19H22N2O3/c1-4-9-19(24-12(3)22)18-15(8-10-23-19)16-14(11-20)7-6-13(5-2)17(16)21-18/h6-7,21H,4-5,8-10H2,1-3H3. The van der Waals surface area contributed by atoms with Gasteiger partial charge >= 0.3 is 5.97 Å². The lowest BCUT2D eigenvalue weighted by atomic mass is 9.94. The number of hydrogen-bond donors (Lipinski definition) is 1. The minimum absolute atomic E-state index is 0.369. The highest BCUT2D eigenvalue weighted by Crippen LogP contribution is 2.42. The number of nitrogens with zero attached hydrogens (tertiary/aromatic N) is 1. The Morgan fingerprint density at radius 2 is 2.25 bits per heavy atom. The van der Waals surface area contributed by atoms with Gasteiger partial charge in [-0.3, -0.25) is 4.79 Å². The summed E-state index contributed by atoms with van der Waals surface area (Å²) in [6, 6.07) is 6.15. The Hall–Kier alpha value is -2.32. The zero-order chi connectivity index (χ0) is 17.3. The number of aromatic nitrogens is 1. The first-order valence-electron chi connectivity index (χ1n) is 8.46. The second-order valence-corrected chi connectivity index (χ2v) is 6.16. The predicted octanol–water partition coefficient (Wildman–Crippen LogP) is 3.69. The first-order chi connectivity index (χ1) is 11.6. The summed E-state index contributed by atoms with van der Waals surface area (Å²) in [5, 5.41) is 10.5. The Balaban J connectivity index is 2.31. The van der Waals surface area contributed by atoms with E-state index < -0.39 is 5.79 Å². The van der Waals surface area contributed by atoms with E-state index in [1.54, 1.807) is 0 Å². The molecule has 5 heteroatoms. The normalized spacial score (nSPS) is 19.8. The molecule has 2 heterocycles. The maximum atomic E-state index is 11.7. The van der Waals surface area contributed by atoms with Gasteiger partial charge in [0, 0.05) is 18.7 Å². The SMILES string of the molecule is CCCC1(OC(C)=O)OCCc2c1[nH]c1c(CC)ccc(C#N)c21. The van der Waals surface area contributed by atoms with Crippen molar-refractivity contribution >= 4 is 16.9 Å². The number of carbonyl (C=O) groups is 1. The van der Waals surface area contributed by atoms with Crippen LogP contribution < -0.4 is 0 Å². The summed E-state index contributed by atoms with van der Waals surface area (Å²) in [5.41, 5.74) is 4.58. The Labute approximate surface area is 141 Å². The lowest BCUT2D eigenvalue weighted by Gasteiger charge is -2.36. The van der Waals surface area contributed by atoms with Crippen LogP contribution in [0.4, 0.5) is 0 Å². The number of rotatable bonds is 4. The summed E-state index contributed by atoms with van der Waals surface area (Å²) in [5.74, 6) is -1.45. The van der Waals surface area contributed by atoms with Crippen molar-refractivity contribution in [3.63, 3.8) is 0 Å². The van der Waals surface area contributed by atoms with Crippen LogP contribution in [0.3, 0.4) is 0 Å². The summed E-state index contributed by atoms with van der Waals surface area (Å²) < 4.78 is 11.6. The number of ether oxygens (including phenoxy) is 2. The van der Waals surface area contributed by atoms with E-state index in [-0.39, 0.29) is 5.97 Å². The van der Waals surface area contributed by atoms with Crippen molar-refractivity contribution in [1.29, 1.82) is 5.26 Å². The van der Waals surface area contributed by atoms with Crippen LogP contribution in [0.5, 0.6) is 0 Å². The topological polar surface area (TPSA) is 75.1 Å². The van der Waals surface area contributed by atoms with Crippen LogP contribution in [-0.2, 0) is 32.9 Å². The molecule has 0 radical (unpaired) electrons. The summed E-state index contributed by atoms with van der Waals surface area (Å²) in [6.45, 7) is 5.98. The number of nitrogens with one attached hydrogen (secondary N) is 1. The van der Waals surface area contributed by atoms with E-state index in [1.807, 2.05) is 19.1 Å². The molecule has 0 amide bonds. The number of carbonyl (C=O) groups excluding carboxylic acids is 1. The molecule has 5 nitrogen and oxygen atoms in total. The number of aromatic amines is 1.